The van der Waals surface area contributed by atoms with E-state index in [4.69, 9.17) is 4.52 Å². The Morgan fingerprint density at radius 1 is 1.00 bits per heavy atom. The van der Waals surface area contributed by atoms with Crippen LogP contribution in [0.4, 0.5) is 0 Å². The molecule has 0 aliphatic carbocycles. The van der Waals surface area contributed by atoms with Crippen LogP contribution in [-0.2, 0) is 6.54 Å². The molecule has 4 rings (SSSR count). The van der Waals surface area contributed by atoms with Crippen LogP contribution in [0.3, 0.4) is 0 Å². The van der Waals surface area contributed by atoms with Crippen molar-refractivity contribution in [2.75, 3.05) is 0 Å². The number of hydrogen-bond donors (Lipinski definition) is 0. The molecule has 0 amide bonds. The van der Waals surface area contributed by atoms with Gasteiger partial charge >= 0.3 is 0 Å². The molecule has 0 spiro atoms. The molecule has 6 nitrogen and oxygen atoms in total. The number of hydrogen-bond acceptors (Lipinski definition) is 5. The van der Waals surface area contributed by atoms with Crippen LogP contribution >= 0.6 is 0 Å². The Kier molecular flexibility index (Phi) is 4.15. The zero-order valence-corrected chi connectivity index (χ0v) is 14.2. The summed E-state index contributed by atoms with van der Waals surface area (Å²) in [4.78, 5) is 21.5. The lowest BCUT2D eigenvalue weighted by Crippen LogP contribution is -2.24. The van der Waals surface area contributed by atoms with Gasteiger partial charge in [0.15, 0.2) is 5.82 Å². The van der Waals surface area contributed by atoms with Crippen molar-refractivity contribution in [1.29, 1.82) is 0 Å². The zero-order chi connectivity index (χ0) is 17.9. The van der Waals surface area contributed by atoms with Crippen LogP contribution in [0.15, 0.2) is 63.9 Å². The van der Waals surface area contributed by atoms with E-state index in [1.807, 2.05) is 54.6 Å². The van der Waals surface area contributed by atoms with Gasteiger partial charge in [0.2, 0.25) is 0 Å². The summed E-state index contributed by atoms with van der Waals surface area (Å²) < 4.78 is 6.80. The lowest BCUT2D eigenvalue weighted by Gasteiger charge is -2.08. The molecule has 0 atom stereocenters. The van der Waals surface area contributed by atoms with E-state index < -0.39 is 0 Å². The lowest BCUT2D eigenvalue weighted by atomic mass is 10.2. The Bertz CT molecular complexity index is 1140. The third-order valence-electron chi connectivity index (χ3n) is 4.05. The van der Waals surface area contributed by atoms with Gasteiger partial charge < -0.3 is 4.52 Å². The summed E-state index contributed by atoms with van der Waals surface area (Å²) in [6.07, 6.45) is 3.65. The maximum atomic E-state index is 12.7. The average Bonchev–Trinajstić information content (AvgIpc) is 3.12. The van der Waals surface area contributed by atoms with Crippen molar-refractivity contribution in [2.45, 2.75) is 13.5 Å². The maximum Gasteiger partial charge on any atom is 0.261 e. The highest BCUT2D eigenvalue weighted by molar-refractivity contribution is 5.77. The fraction of sp³-hybridized carbons (Fsp3) is 0.100. The van der Waals surface area contributed by atoms with Crippen molar-refractivity contribution in [3.63, 3.8) is 0 Å². The van der Waals surface area contributed by atoms with Crippen LogP contribution in [0.25, 0.3) is 23.1 Å². The lowest BCUT2D eigenvalue weighted by molar-refractivity contribution is 0.401. The van der Waals surface area contributed by atoms with Crippen LogP contribution in [0.1, 0.15) is 23.1 Å². The standard InChI is InChI=1S/C20H16N4O2/c1-14-21-17-10-6-5-9-16(17)20(25)24(14)13-18-22-19(26-23-18)12-11-15-7-3-2-4-8-15/h2-12H,13H2,1H3/b12-11+. The monoisotopic (exact) mass is 344 g/mol. The van der Waals surface area contributed by atoms with Crippen LogP contribution in [0.5, 0.6) is 0 Å². The molecule has 4 aromatic rings. The zero-order valence-electron chi connectivity index (χ0n) is 14.2. The van der Waals surface area contributed by atoms with Crippen LogP contribution in [-0.4, -0.2) is 19.7 Å². The van der Waals surface area contributed by atoms with Crippen molar-refractivity contribution in [3.05, 3.63) is 88.1 Å². The summed E-state index contributed by atoms with van der Waals surface area (Å²) in [5.74, 6) is 1.43. The summed E-state index contributed by atoms with van der Waals surface area (Å²) in [6.45, 7) is 2.01. The first-order valence-corrected chi connectivity index (χ1v) is 8.22. The number of nitrogens with zero attached hydrogens (tertiary/aromatic N) is 4. The Morgan fingerprint density at radius 3 is 2.62 bits per heavy atom. The molecule has 128 valence electrons. The highest BCUT2D eigenvalue weighted by atomic mass is 16.5. The topological polar surface area (TPSA) is 73.8 Å². The van der Waals surface area contributed by atoms with Gasteiger partial charge in [-0.2, -0.15) is 4.98 Å². The summed E-state index contributed by atoms with van der Waals surface area (Å²) in [5, 5.41) is 4.54. The molecule has 2 aromatic carbocycles. The van der Waals surface area contributed by atoms with Gasteiger partial charge in [0.1, 0.15) is 5.82 Å². The second-order valence-corrected chi connectivity index (χ2v) is 5.86. The van der Waals surface area contributed by atoms with E-state index in [0.717, 1.165) is 5.56 Å². The van der Waals surface area contributed by atoms with Gasteiger partial charge in [0.25, 0.3) is 11.4 Å². The molecule has 2 aromatic heterocycles. The molecule has 0 saturated carbocycles. The quantitative estimate of drug-likeness (QED) is 0.568. The van der Waals surface area contributed by atoms with E-state index in [2.05, 4.69) is 15.1 Å². The highest BCUT2D eigenvalue weighted by Gasteiger charge is 2.11. The largest absolute Gasteiger partial charge is 0.335 e. The molecule has 0 fully saturated rings. The molecule has 0 aliphatic heterocycles. The fourth-order valence-electron chi connectivity index (χ4n) is 2.74. The Morgan fingerprint density at radius 2 is 1.77 bits per heavy atom. The molecule has 0 radical (unpaired) electrons. The van der Waals surface area contributed by atoms with Crippen molar-refractivity contribution in [3.8, 4) is 0 Å². The van der Waals surface area contributed by atoms with Gasteiger partial charge in [-0.15, -0.1) is 0 Å². The van der Waals surface area contributed by atoms with E-state index in [-0.39, 0.29) is 12.1 Å². The number of benzene rings is 2. The van der Waals surface area contributed by atoms with E-state index in [0.29, 0.717) is 28.4 Å². The smallest absolute Gasteiger partial charge is 0.261 e. The molecule has 0 saturated heterocycles. The van der Waals surface area contributed by atoms with Crippen LogP contribution < -0.4 is 5.56 Å². The highest BCUT2D eigenvalue weighted by Crippen LogP contribution is 2.10. The Hall–Kier alpha value is -3.54. The molecule has 6 heteroatoms. The predicted octanol–water partition coefficient (Wildman–Crippen LogP) is 3.31. The second kappa shape index (κ2) is 6.76. The first-order chi connectivity index (χ1) is 12.7. The fourth-order valence-corrected chi connectivity index (χ4v) is 2.74. The number of aryl methyl sites for hydroxylation is 1. The first-order valence-electron chi connectivity index (χ1n) is 8.22. The van der Waals surface area contributed by atoms with Gasteiger partial charge in [-0.3, -0.25) is 9.36 Å². The maximum absolute atomic E-state index is 12.7. The molecular weight excluding hydrogens is 328 g/mol. The minimum absolute atomic E-state index is 0.112. The molecule has 0 aliphatic rings. The van der Waals surface area contributed by atoms with E-state index >= 15 is 0 Å². The third kappa shape index (κ3) is 3.17. The van der Waals surface area contributed by atoms with Gasteiger partial charge in [0.05, 0.1) is 17.4 Å². The normalized spacial score (nSPS) is 11.4. The number of rotatable bonds is 4. The first kappa shape index (κ1) is 16.0. The summed E-state index contributed by atoms with van der Waals surface area (Å²) in [7, 11) is 0. The number of fused-ring (bicyclic) bond motifs is 1. The second-order valence-electron chi connectivity index (χ2n) is 5.86. The summed E-state index contributed by atoms with van der Waals surface area (Å²) >= 11 is 0. The van der Waals surface area contributed by atoms with Crippen molar-refractivity contribution >= 4 is 23.1 Å². The van der Waals surface area contributed by atoms with Crippen LogP contribution in [0, 0.1) is 6.92 Å². The van der Waals surface area contributed by atoms with Crippen LogP contribution in [0.2, 0.25) is 0 Å². The van der Waals surface area contributed by atoms with Gasteiger partial charge in [0, 0.05) is 6.08 Å². The van der Waals surface area contributed by atoms with Gasteiger partial charge in [-0.05, 0) is 30.7 Å². The summed E-state index contributed by atoms with van der Waals surface area (Å²) in [6, 6.07) is 17.1. The molecule has 26 heavy (non-hydrogen) atoms. The summed E-state index contributed by atoms with van der Waals surface area (Å²) in [5.41, 5.74) is 1.61. The molecule has 0 N–H and O–H groups in total. The van der Waals surface area contributed by atoms with E-state index in [9.17, 15) is 4.79 Å². The SMILES string of the molecule is Cc1nc2ccccc2c(=O)n1Cc1noc(/C=C/c2ccccc2)n1. The third-order valence-corrected chi connectivity index (χ3v) is 4.05. The van der Waals surface area contributed by atoms with E-state index in [1.165, 1.54) is 0 Å². The van der Waals surface area contributed by atoms with Gasteiger partial charge in [-0.1, -0.05) is 47.6 Å². The molecule has 0 bridgehead atoms. The Labute approximate surface area is 149 Å². The minimum Gasteiger partial charge on any atom is -0.335 e. The average molecular weight is 344 g/mol. The van der Waals surface area contributed by atoms with Gasteiger partial charge in [-0.25, -0.2) is 4.98 Å². The molecule has 2 heterocycles. The minimum atomic E-state index is -0.112. The Balaban J connectivity index is 1.61. The predicted molar refractivity (Wildman–Crippen MR) is 99.5 cm³/mol. The van der Waals surface area contributed by atoms with Crippen molar-refractivity contribution in [2.24, 2.45) is 0 Å². The molecule has 0 unspecified atom stereocenters. The number of aromatic nitrogens is 4. The molecular formula is C20H16N4O2. The van der Waals surface area contributed by atoms with Crippen molar-refractivity contribution < 1.29 is 4.52 Å². The number of para-hydroxylation sites is 1. The van der Waals surface area contributed by atoms with E-state index in [1.54, 1.807) is 23.6 Å². The van der Waals surface area contributed by atoms with Crippen molar-refractivity contribution in [1.82, 2.24) is 19.7 Å².